The third-order valence-electron chi connectivity index (χ3n) is 7.53. The number of piperidine rings is 3. The van der Waals surface area contributed by atoms with Gasteiger partial charge in [0.2, 0.25) is 0 Å². The lowest BCUT2D eigenvalue weighted by molar-refractivity contribution is -0.0665. The molecule has 0 spiro atoms. The van der Waals surface area contributed by atoms with Gasteiger partial charge in [0.1, 0.15) is 11.9 Å². The highest BCUT2D eigenvalue weighted by Crippen LogP contribution is 2.38. The summed E-state index contributed by atoms with van der Waals surface area (Å²) in [7, 11) is 1.61. The molecule has 6 rings (SSSR count). The zero-order valence-electron chi connectivity index (χ0n) is 19.1. The fourth-order valence-corrected chi connectivity index (χ4v) is 5.69. The van der Waals surface area contributed by atoms with Gasteiger partial charge in [-0.15, -0.1) is 0 Å². The van der Waals surface area contributed by atoms with Crippen LogP contribution in [0.1, 0.15) is 52.9 Å². The molecular weight excluding hydrogens is 421 g/mol. The number of hydrogen-bond acceptors (Lipinski definition) is 4. The quantitative estimate of drug-likeness (QED) is 0.772. The van der Waals surface area contributed by atoms with E-state index in [1.165, 1.54) is 12.1 Å². The predicted molar refractivity (Wildman–Crippen MR) is 123 cm³/mol. The summed E-state index contributed by atoms with van der Waals surface area (Å²) < 4.78 is 19.7. The molecule has 2 bridgehead atoms. The summed E-state index contributed by atoms with van der Waals surface area (Å²) in [5.41, 5.74) is 3.38. The van der Waals surface area contributed by atoms with Gasteiger partial charge in [-0.1, -0.05) is 18.2 Å². The minimum absolute atomic E-state index is 0.0895. The maximum Gasteiger partial charge on any atom is 0.410 e. The second-order valence-corrected chi connectivity index (χ2v) is 9.44. The van der Waals surface area contributed by atoms with Crippen molar-refractivity contribution in [2.75, 3.05) is 26.7 Å². The van der Waals surface area contributed by atoms with E-state index in [4.69, 9.17) is 4.74 Å². The van der Waals surface area contributed by atoms with Crippen molar-refractivity contribution < 1.29 is 18.7 Å². The fraction of sp³-hybridized carbons (Fsp3) is 0.462. The van der Waals surface area contributed by atoms with Crippen molar-refractivity contribution >= 4 is 12.0 Å². The molecule has 2 aromatic carbocycles. The minimum Gasteiger partial charge on any atom is -0.444 e. The van der Waals surface area contributed by atoms with Crippen molar-refractivity contribution in [2.45, 2.75) is 44.4 Å². The van der Waals surface area contributed by atoms with Crippen molar-refractivity contribution in [1.82, 2.24) is 15.1 Å². The predicted octanol–water partition coefficient (Wildman–Crippen LogP) is 3.75. The van der Waals surface area contributed by atoms with Gasteiger partial charge in [0.25, 0.3) is 5.91 Å². The van der Waals surface area contributed by atoms with Crippen LogP contribution in [0.2, 0.25) is 0 Å². The van der Waals surface area contributed by atoms with Crippen LogP contribution in [0.5, 0.6) is 0 Å². The van der Waals surface area contributed by atoms with Gasteiger partial charge in [0.05, 0.1) is 6.04 Å². The lowest BCUT2D eigenvalue weighted by Crippen LogP contribution is -2.56. The van der Waals surface area contributed by atoms with Gasteiger partial charge in [-0.25, -0.2) is 9.18 Å². The number of benzene rings is 2. The lowest BCUT2D eigenvalue weighted by atomic mass is 9.82. The van der Waals surface area contributed by atoms with Crippen molar-refractivity contribution in [2.24, 2.45) is 5.92 Å². The molecule has 3 saturated heterocycles. The summed E-state index contributed by atoms with van der Waals surface area (Å²) in [5, 5.41) is 2.66. The van der Waals surface area contributed by atoms with Gasteiger partial charge in [0.15, 0.2) is 0 Å². The smallest absolute Gasteiger partial charge is 0.410 e. The summed E-state index contributed by atoms with van der Waals surface area (Å²) in [6.45, 7) is 4.58. The number of halogens is 1. The maximum atomic E-state index is 13.7. The molecule has 174 valence electrons. The van der Waals surface area contributed by atoms with Crippen molar-refractivity contribution in [1.29, 1.82) is 0 Å². The van der Waals surface area contributed by atoms with Crippen LogP contribution in [0.3, 0.4) is 0 Å². The number of nitrogens with one attached hydrogen (secondary N) is 1. The SMILES string of the molecule is CNC(=O)c1ccc2c(c1)CCN(C(=O)O[C@@H]1CN3CCC1CC3C)[C@@H]2c1ccc(F)cc1. The topological polar surface area (TPSA) is 61.9 Å². The van der Waals surface area contributed by atoms with Crippen molar-refractivity contribution in [3.8, 4) is 0 Å². The minimum atomic E-state index is -0.388. The monoisotopic (exact) mass is 451 g/mol. The van der Waals surface area contributed by atoms with Crippen LogP contribution in [-0.4, -0.2) is 60.6 Å². The third kappa shape index (κ3) is 4.10. The first kappa shape index (κ1) is 21.9. The first-order chi connectivity index (χ1) is 15.9. The molecule has 0 aliphatic carbocycles. The van der Waals surface area contributed by atoms with E-state index in [1.54, 1.807) is 30.1 Å². The Morgan fingerprint density at radius 1 is 1.12 bits per heavy atom. The van der Waals surface area contributed by atoms with E-state index >= 15 is 0 Å². The molecule has 33 heavy (non-hydrogen) atoms. The normalized spacial score (nSPS) is 28.2. The Bertz CT molecular complexity index is 1060. The standard InChI is InChI=1S/C26H30FN3O3/c1-16-13-19-9-11-29(16)15-23(19)33-26(32)30-12-10-18-14-20(25(31)28-2)5-8-22(18)24(30)17-3-6-21(27)7-4-17/h3-8,14,16,19,23-24H,9-13,15H2,1-2H3,(H,28,31)/t16?,19?,23-,24-/m1/s1. The van der Waals surface area contributed by atoms with E-state index < -0.39 is 0 Å². The van der Waals surface area contributed by atoms with Gasteiger partial charge in [0, 0.05) is 31.7 Å². The summed E-state index contributed by atoms with van der Waals surface area (Å²) in [4.78, 5) is 29.7. The Balaban J connectivity index is 1.44. The Hall–Kier alpha value is -2.93. The van der Waals surface area contributed by atoms with Crippen LogP contribution < -0.4 is 5.32 Å². The maximum absolute atomic E-state index is 13.7. The molecule has 5 atom stereocenters. The molecule has 0 saturated carbocycles. The fourth-order valence-electron chi connectivity index (χ4n) is 5.69. The third-order valence-corrected chi connectivity index (χ3v) is 7.53. The van der Waals surface area contributed by atoms with Crippen LogP contribution in [0, 0.1) is 11.7 Å². The van der Waals surface area contributed by atoms with E-state index in [1.807, 2.05) is 12.1 Å². The van der Waals surface area contributed by atoms with Gasteiger partial charge in [-0.3, -0.25) is 14.6 Å². The zero-order chi connectivity index (χ0) is 23.1. The molecular formula is C26H30FN3O3. The summed E-state index contributed by atoms with van der Waals surface area (Å²) in [5.74, 6) is -0.0553. The summed E-state index contributed by atoms with van der Waals surface area (Å²) >= 11 is 0. The molecule has 4 aliphatic heterocycles. The average Bonchev–Trinajstić information content (AvgIpc) is 2.83. The van der Waals surface area contributed by atoms with E-state index in [0.29, 0.717) is 30.5 Å². The van der Waals surface area contributed by atoms with Crippen LogP contribution in [0.25, 0.3) is 0 Å². The Morgan fingerprint density at radius 3 is 2.58 bits per heavy atom. The largest absolute Gasteiger partial charge is 0.444 e. The van der Waals surface area contributed by atoms with E-state index in [-0.39, 0.29) is 30.0 Å². The number of ether oxygens (including phenoxy) is 1. The van der Waals surface area contributed by atoms with Crippen LogP contribution in [0.4, 0.5) is 9.18 Å². The average molecular weight is 452 g/mol. The highest BCUT2D eigenvalue weighted by molar-refractivity contribution is 5.94. The van der Waals surface area contributed by atoms with Gasteiger partial charge in [-0.2, -0.15) is 0 Å². The van der Waals surface area contributed by atoms with Gasteiger partial charge in [-0.05, 0) is 79.6 Å². The van der Waals surface area contributed by atoms with Gasteiger partial charge >= 0.3 is 6.09 Å². The molecule has 4 heterocycles. The van der Waals surface area contributed by atoms with Gasteiger partial charge < -0.3 is 10.1 Å². The number of carbonyl (C=O) groups is 2. The van der Waals surface area contributed by atoms with Crippen LogP contribution >= 0.6 is 0 Å². The van der Waals surface area contributed by atoms with Crippen molar-refractivity contribution in [3.63, 3.8) is 0 Å². The number of amides is 2. The Labute approximate surface area is 193 Å². The first-order valence-electron chi connectivity index (χ1n) is 11.8. The molecule has 0 radical (unpaired) electrons. The second kappa shape index (κ2) is 8.78. The Kier molecular flexibility index (Phi) is 5.83. The zero-order valence-corrected chi connectivity index (χ0v) is 19.1. The molecule has 3 unspecified atom stereocenters. The van der Waals surface area contributed by atoms with E-state index in [0.717, 1.165) is 42.6 Å². The number of hydrogen-bond donors (Lipinski definition) is 1. The second-order valence-electron chi connectivity index (χ2n) is 9.44. The summed E-state index contributed by atoms with van der Waals surface area (Å²) in [6.07, 6.45) is 2.34. The number of carbonyl (C=O) groups excluding carboxylic acids is 2. The molecule has 2 aromatic rings. The van der Waals surface area contributed by atoms with E-state index in [2.05, 4.69) is 17.1 Å². The lowest BCUT2D eigenvalue weighted by Gasteiger charge is -2.48. The molecule has 7 heteroatoms. The molecule has 0 aromatic heterocycles. The molecule has 2 amide bonds. The Morgan fingerprint density at radius 2 is 1.91 bits per heavy atom. The van der Waals surface area contributed by atoms with E-state index in [9.17, 15) is 14.0 Å². The molecule has 6 nitrogen and oxygen atoms in total. The van der Waals surface area contributed by atoms with Crippen molar-refractivity contribution in [3.05, 3.63) is 70.5 Å². The molecule has 1 N–H and O–H groups in total. The highest BCUT2D eigenvalue weighted by Gasteiger charge is 2.42. The highest BCUT2D eigenvalue weighted by atomic mass is 19.1. The number of fused-ring (bicyclic) bond motifs is 4. The number of rotatable bonds is 3. The summed E-state index contributed by atoms with van der Waals surface area (Å²) in [6, 6.07) is 12.0. The number of nitrogens with zero attached hydrogens (tertiary/aromatic N) is 2. The molecule has 4 aliphatic rings. The van der Waals surface area contributed by atoms with Crippen LogP contribution in [0.15, 0.2) is 42.5 Å². The molecule has 3 fully saturated rings. The van der Waals surface area contributed by atoms with Crippen LogP contribution in [-0.2, 0) is 11.2 Å². The first-order valence-corrected chi connectivity index (χ1v) is 11.8.